The molecule has 0 spiro atoms. The van der Waals surface area contributed by atoms with Crippen LogP contribution in [0.4, 0.5) is 17.7 Å². The molecule has 0 saturated carbocycles. The summed E-state index contributed by atoms with van der Waals surface area (Å²) in [5, 5.41) is 7.26. The molecule has 90 valence electrons. The Balaban J connectivity index is 2.26. The lowest BCUT2D eigenvalue weighted by Crippen LogP contribution is -2.14. The first-order valence-corrected chi connectivity index (χ1v) is 5.28. The first-order valence-electron chi connectivity index (χ1n) is 4.90. The number of aromatic nitrogens is 5. The Morgan fingerprint density at radius 2 is 2.06 bits per heavy atom. The van der Waals surface area contributed by atoms with Crippen LogP contribution in [0.15, 0.2) is 12.3 Å². The molecule has 0 aliphatic heterocycles. The van der Waals surface area contributed by atoms with E-state index in [0.29, 0.717) is 17.7 Å². The van der Waals surface area contributed by atoms with Crippen LogP contribution in [0.2, 0.25) is 5.28 Å². The van der Waals surface area contributed by atoms with Crippen molar-refractivity contribution >= 4 is 29.3 Å². The van der Waals surface area contributed by atoms with E-state index in [0.717, 1.165) is 0 Å². The minimum Gasteiger partial charge on any atom is -0.347 e. The van der Waals surface area contributed by atoms with Crippen molar-refractivity contribution in [2.75, 3.05) is 24.3 Å². The summed E-state index contributed by atoms with van der Waals surface area (Å²) in [5.74, 6) is 1.51. The molecule has 0 fully saturated rings. The summed E-state index contributed by atoms with van der Waals surface area (Å²) in [6.45, 7) is 0. The fraction of sp³-hybridized carbons (Fsp3) is 0.333. The highest BCUT2D eigenvalue weighted by Gasteiger charge is 2.07. The molecule has 7 nitrogen and oxygen atoms in total. The van der Waals surface area contributed by atoms with E-state index in [1.165, 1.54) is 0 Å². The van der Waals surface area contributed by atoms with E-state index < -0.39 is 0 Å². The van der Waals surface area contributed by atoms with Crippen molar-refractivity contribution < 1.29 is 0 Å². The lowest BCUT2D eigenvalue weighted by molar-refractivity contribution is 0.770. The summed E-state index contributed by atoms with van der Waals surface area (Å²) in [7, 11) is 5.49. The monoisotopic (exact) mass is 253 g/mol. The fourth-order valence-electron chi connectivity index (χ4n) is 1.19. The van der Waals surface area contributed by atoms with E-state index in [2.05, 4.69) is 25.4 Å². The highest BCUT2D eigenvalue weighted by atomic mass is 35.5. The summed E-state index contributed by atoms with van der Waals surface area (Å²) in [5.41, 5.74) is 0. The Bertz CT molecular complexity index is 522. The zero-order valence-corrected chi connectivity index (χ0v) is 10.5. The van der Waals surface area contributed by atoms with Crippen LogP contribution in [-0.2, 0) is 7.05 Å². The molecular formula is C9H12ClN7. The number of hydrogen-bond donors (Lipinski definition) is 1. The average molecular weight is 254 g/mol. The van der Waals surface area contributed by atoms with E-state index in [9.17, 15) is 0 Å². The maximum Gasteiger partial charge on any atom is 0.234 e. The van der Waals surface area contributed by atoms with Crippen LogP contribution in [0.3, 0.4) is 0 Å². The molecule has 0 unspecified atom stereocenters. The molecule has 17 heavy (non-hydrogen) atoms. The maximum atomic E-state index is 5.81. The van der Waals surface area contributed by atoms with Crippen molar-refractivity contribution in [1.29, 1.82) is 0 Å². The van der Waals surface area contributed by atoms with Crippen molar-refractivity contribution in [1.82, 2.24) is 24.7 Å². The first kappa shape index (κ1) is 11.6. The largest absolute Gasteiger partial charge is 0.347 e. The Kier molecular flexibility index (Phi) is 3.10. The third-order valence-electron chi connectivity index (χ3n) is 1.95. The van der Waals surface area contributed by atoms with Gasteiger partial charge in [0.2, 0.25) is 17.2 Å². The highest BCUT2D eigenvalue weighted by molar-refractivity contribution is 6.28. The van der Waals surface area contributed by atoms with E-state index >= 15 is 0 Å². The second-order valence-electron chi connectivity index (χ2n) is 3.62. The third-order valence-corrected chi connectivity index (χ3v) is 2.12. The maximum absolute atomic E-state index is 5.81. The van der Waals surface area contributed by atoms with E-state index in [4.69, 9.17) is 11.6 Å². The molecule has 2 heterocycles. The van der Waals surface area contributed by atoms with E-state index in [-0.39, 0.29) is 5.28 Å². The van der Waals surface area contributed by atoms with Gasteiger partial charge in [0, 0.05) is 33.4 Å². The predicted octanol–water partition coefficient (Wildman–Crippen LogP) is 1.07. The zero-order chi connectivity index (χ0) is 12.4. The van der Waals surface area contributed by atoms with E-state index in [1.807, 2.05) is 33.4 Å². The van der Waals surface area contributed by atoms with Crippen molar-refractivity contribution in [2.24, 2.45) is 7.05 Å². The molecular weight excluding hydrogens is 242 g/mol. The molecule has 2 rings (SSSR count). The highest BCUT2D eigenvalue weighted by Crippen LogP contribution is 2.14. The van der Waals surface area contributed by atoms with Crippen LogP contribution in [0.1, 0.15) is 0 Å². The van der Waals surface area contributed by atoms with Gasteiger partial charge in [-0.05, 0) is 11.6 Å². The molecule has 0 aliphatic rings. The van der Waals surface area contributed by atoms with Crippen molar-refractivity contribution in [3.8, 4) is 0 Å². The molecule has 0 atom stereocenters. The summed E-state index contributed by atoms with van der Waals surface area (Å²) in [4.78, 5) is 13.9. The zero-order valence-electron chi connectivity index (χ0n) is 9.72. The number of nitrogens with one attached hydrogen (secondary N) is 1. The van der Waals surface area contributed by atoms with Gasteiger partial charge >= 0.3 is 0 Å². The molecule has 0 bridgehead atoms. The summed E-state index contributed by atoms with van der Waals surface area (Å²) in [6, 6.07) is 1.81. The average Bonchev–Trinajstić information content (AvgIpc) is 2.63. The molecule has 8 heteroatoms. The lowest BCUT2D eigenvalue weighted by Gasteiger charge is -2.10. The smallest absolute Gasteiger partial charge is 0.234 e. The van der Waals surface area contributed by atoms with Gasteiger partial charge in [-0.3, -0.25) is 4.68 Å². The Morgan fingerprint density at radius 1 is 1.29 bits per heavy atom. The topological polar surface area (TPSA) is 71.8 Å². The summed E-state index contributed by atoms with van der Waals surface area (Å²) >= 11 is 5.81. The molecule has 0 aliphatic carbocycles. The fourth-order valence-corrected chi connectivity index (χ4v) is 1.35. The molecule has 0 aromatic carbocycles. The minimum absolute atomic E-state index is 0.141. The summed E-state index contributed by atoms with van der Waals surface area (Å²) < 4.78 is 1.68. The SMILES string of the molecule is CN(C)c1nc(Cl)nc(Nc2ccn(C)n2)n1. The second-order valence-corrected chi connectivity index (χ2v) is 3.96. The minimum atomic E-state index is 0.141. The van der Waals surface area contributed by atoms with Crippen LogP contribution in [0.5, 0.6) is 0 Å². The quantitative estimate of drug-likeness (QED) is 0.882. The Morgan fingerprint density at radius 3 is 2.65 bits per heavy atom. The second kappa shape index (κ2) is 4.54. The van der Waals surface area contributed by atoms with Gasteiger partial charge in [-0.25, -0.2) is 0 Å². The van der Waals surface area contributed by atoms with Gasteiger partial charge in [0.15, 0.2) is 5.82 Å². The van der Waals surface area contributed by atoms with Crippen molar-refractivity contribution in [2.45, 2.75) is 0 Å². The number of rotatable bonds is 3. The molecule has 0 radical (unpaired) electrons. The normalized spacial score (nSPS) is 10.4. The number of anilines is 3. The van der Waals surface area contributed by atoms with Gasteiger partial charge in [0.1, 0.15) is 0 Å². The molecule has 0 amide bonds. The van der Waals surface area contributed by atoms with Gasteiger partial charge in [-0.1, -0.05) is 0 Å². The van der Waals surface area contributed by atoms with Gasteiger partial charge < -0.3 is 10.2 Å². The van der Waals surface area contributed by atoms with Crippen molar-refractivity contribution in [3.05, 3.63) is 17.5 Å². The lowest BCUT2D eigenvalue weighted by atomic mass is 10.6. The third kappa shape index (κ3) is 2.82. The molecule has 2 aromatic rings. The number of nitrogens with zero attached hydrogens (tertiary/aromatic N) is 6. The Labute approximate surface area is 103 Å². The van der Waals surface area contributed by atoms with Gasteiger partial charge in [-0.15, -0.1) is 0 Å². The van der Waals surface area contributed by atoms with Crippen LogP contribution < -0.4 is 10.2 Å². The standard InChI is InChI=1S/C9H12ClN7/c1-16(2)9-13-7(10)12-8(14-9)11-6-4-5-17(3)15-6/h4-5H,1-3H3,(H,11,12,13,14,15). The number of aryl methyl sites for hydroxylation is 1. The van der Waals surface area contributed by atoms with Gasteiger partial charge in [0.05, 0.1) is 0 Å². The van der Waals surface area contributed by atoms with Crippen LogP contribution in [0.25, 0.3) is 0 Å². The molecule has 2 aromatic heterocycles. The first-order chi connectivity index (χ1) is 8.04. The predicted molar refractivity (Wildman–Crippen MR) is 65.7 cm³/mol. The van der Waals surface area contributed by atoms with Gasteiger partial charge in [0.25, 0.3) is 0 Å². The van der Waals surface area contributed by atoms with Crippen LogP contribution >= 0.6 is 11.6 Å². The van der Waals surface area contributed by atoms with Gasteiger partial charge in [-0.2, -0.15) is 20.1 Å². The van der Waals surface area contributed by atoms with Crippen LogP contribution in [0, 0.1) is 0 Å². The van der Waals surface area contributed by atoms with Crippen LogP contribution in [-0.4, -0.2) is 38.8 Å². The molecule has 0 saturated heterocycles. The van der Waals surface area contributed by atoms with Crippen molar-refractivity contribution in [3.63, 3.8) is 0 Å². The molecule has 1 N–H and O–H groups in total. The Hall–Kier alpha value is -1.89. The number of halogens is 1. The number of hydrogen-bond acceptors (Lipinski definition) is 6. The summed E-state index contributed by atoms with van der Waals surface area (Å²) in [6.07, 6.45) is 1.82. The van der Waals surface area contributed by atoms with E-state index in [1.54, 1.807) is 9.58 Å².